The van der Waals surface area contributed by atoms with Gasteiger partial charge in [0.15, 0.2) is 0 Å². The Morgan fingerprint density at radius 2 is 1.95 bits per heavy atom. The molecule has 108 valence electrons. The van der Waals surface area contributed by atoms with Crippen molar-refractivity contribution in [3.8, 4) is 5.75 Å². The lowest BCUT2D eigenvalue weighted by Crippen LogP contribution is -2.32. The SMILES string of the molecule is O=C(c1ccc(O)cc1F)N1CCCCc2ccccc21. The number of hydrogen-bond acceptors (Lipinski definition) is 2. The van der Waals surface area contributed by atoms with Crippen molar-refractivity contribution in [3.05, 3.63) is 59.4 Å². The Bertz CT molecular complexity index is 684. The first-order chi connectivity index (χ1) is 10.2. The molecule has 2 aromatic rings. The molecular weight excluding hydrogens is 269 g/mol. The van der Waals surface area contributed by atoms with E-state index in [1.807, 2.05) is 24.3 Å². The van der Waals surface area contributed by atoms with Crippen LogP contribution in [0.1, 0.15) is 28.8 Å². The number of carbonyl (C=O) groups is 1. The van der Waals surface area contributed by atoms with Gasteiger partial charge in [-0.05, 0) is 43.0 Å². The van der Waals surface area contributed by atoms with Crippen LogP contribution in [0.3, 0.4) is 0 Å². The molecule has 4 heteroatoms. The number of benzene rings is 2. The summed E-state index contributed by atoms with van der Waals surface area (Å²) in [5, 5.41) is 9.27. The summed E-state index contributed by atoms with van der Waals surface area (Å²) in [5.41, 5.74) is 1.96. The van der Waals surface area contributed by atoms with Crippen molar-refractivity contribution < 1.29 is 14.3 Å². The summed E-state index contributed by atoms with van der Waals surface area (Å²) < 4.78 is 13.9. The van der Waals surface area contributed by atoms with Gasteiger partial charge in [0.25, 0.3) is 5.91 Å². The third kappa shape index (κ3) is 2.61. The molecule has 0 fully saturated rings. The minimum absolute atomic E-state index is 0.00972. The van der Waals surface area contributed by atoms with Gasteiger partial charge in [0.05, 0.1) is 5.56 Å². The number of anilines is 1. The largest absolute Gasteiger partial charge is 0.508 e. The number of aromatic hydroxyl groups is 1. The van der Waals surface area contributed by atoms with Crippen LogP contribution in [0.4, 0.5) is 10.1 Å². The topological polar surface area (TPSA) is 40.5 Å². The van der Waals surface area contributed by atoms with Gasteiger partial charge in [0.2, 0.25) is 0 Å². The number of amides is 1. The van der Waals surface area contributed by atoms with Crippen molar-refractivity contribution in [3.63, 3.8) is 0 Å². The number of nitrogens with zero attached hydrogens (tertiary/aromatic N) is 1. The number of halogens is 1. The summed E-state index contributed by atoms with van der Waals surface area (Å²) in [7, 11) is 0. The highest BCUT2D eigenvalue weighted by molar-refractivity contribution is 6.06. The lowest BCUT2D eigenvalue weighted by molar-refractivity contribution is 0.0983. The van der Waals surface area contributed by atoms with Crippen molar-refractivity contribution in [1.82, 2.24) is 0 Å². The van der Waals surface area contributed by atoms with Crippen LogP contribution in [0, 0.1) is 5.82 Å². The van der Waals surface area contributed by atoms with Crippen LogP contribution in [0.25, 0.3) is 0 Å². The molecule has 2 aromatic carbocycles. The zero-order valence-corrected chi connectivity index (χ0v) is 11.6. The van der Waals surface area contributed by atoms with Gasteiger partial charge in [-0.1, -0.05) is 18.2 Å². The smallest absolute Gasteiger partial charge is 0.261 e. The molecule has 0 aliphatic carbocycles. The first kappa shape index (κ1) is 13.6. The van der Waals surface area contributed by atoms with Gasteiger partial charge in [-0.2, -0.15) is 0 Å². The van der Waals surface area contributed by atoms with E-state index in [9.17, 15) is 14.3 Å². The number of phenolic OH excluding ortho intramolecular Hbond substituents is 1. The zero-order chi connectivity index (χ0) is 14.8. The van der Waals surface area contributed by atoms with Crippen LogP contribution >= 0.6 is 0 Å². The third-order valence-corrected chi connectivity index (χ3v) is 3.79. The van der Waals surface area contributed by atoms with Crippen LogP contribution in [0.15, 0.2) is 42.5 Å². The standard InChI is InChI=1S/C17H16FNO2/c18-15-11-13(20)8-9-14(15)17(21)19-10-4-3-6-12-5-1-2-7-16(12)19/h1-2,5,7-9,11,20H,3-4,6,10H2. The highest BCUT2D eigenvalue weighted by Crippen LogP contribution is 2.28. The van der Waals surface area contributed by atoms with Gasteiger partial charge < -0.3 is 10.0 Å². The minimum atomic E-state index is -0.693. The van der Waals surface area contributed by atoms with E-state index in [4.69, 9.17) is 0 Å². The molecule has 21 heavy (non-hydrogen) atoms. The second-order valence-corrected chi connectivity index (χ2v) is 5.21. The first-order valence-corrected chi connectivity index (χ1v) is 7.05. The zero-order valence-electron chi connectivity index (χ0n) is 11.6. The summed E-state index contributed by atoms with van der Waals surface area (Å²) >= 11 is 0. The van der Waals surface area contributed by atoms with Crippen molar-refractivity contribution >= 4 is 11.6 Å². The molecule has 3 nitrogen and oxygen atoms in total. The average Bonchev–Trinajstić information content (AvgIpc) is 2.69. The maximum atomic E-state index is 13.9. The molecule has 1 heterocycles. The number of aryl methyl sites for hydroxylation is 1. The van der Waals surface area contributed by atoms with Crippen LogP contribution in [0.5, 0.6) is 5.75 Å². The average molecular weight is 285 g/mol. The second-order valence-electron chi connectivity index (χ2n) is 5.21. The summed E-state index contributed by atoms with van der Waals surface area (Å²) in [4.78, 5) is 14.3. The number of phenols is 1. The molecular formula is C17H16FNO2. The fourth-order valence-electron chi connectivity index (χ4n) is 2.73. The van der Waals surface area contributed by atoms with E-state index in [1.165, 1.54) is 12.1 Å². The second kappa shape index (κ2) is 5.56. The fourth-order valence-corrected chi connectivity index (χ4v) is 2.73. The number of hydrogen-bond donors (Lipinski definition) is 1. The van der Waals surface area contributed by atoms with E-state index in [1.54, 1.807) is 4.90 Å². The molecule has 0 saturated heterocycles. The molecule has 1 amide bonds. The van der Waals surface area contributed by atoms with Gasteiger partial charge in [-0.25, -0.2) is 4.39 Å². The Morgan fingerprint density at radius 1 is 1.14 bits per heavy atom. The monoisotopic (exact) mass is 285 g/mol. The van der Waals surface area contributed by atoms with E-state index < -0.39 is 5.82 Å². The van der Waals surface area contributed by atoms with Crippen LogP contribution < -0.4 is 4.90 Å². The predicted octanol–water partition coefficient (Wildman–Crippen LogP) is 3.51. The predicted molar refractivity (Wildman–Crippen MR) is 79.1 cm³/mol. The molecule has 0 radical (unpaired) electrons. The number of rotatable bonds is 1. The molecule has 0 saturated carbocycles. The molecule has 1 N–H and O–H groups in total. The molecule has 1 aliphatic rings. The van der Waals surface area contributed by atoms with Crippen LogP contribution in [0.2, 0.25) is 0 Å². The van der Waals surface area contributed by atoms with E-state index in [0.717, 1.165) is 36.6 Å². The quantitative estimate of drug-likeness (QED) is 0.871. The summed E-state index contributed by atoms with van der Waals surface area (Å²) in [5.74, 6) is -1.23. The molecule has 0 atom stereocenters. The van der Waals surface area contributed by atoms with E-state index >= 15 is 0 Å². The van der Waals surface area contributed by atoms with E-state index in [0.29, 0.717) is 6.54 Å². The number of carbonyl (C=O) groups excluding carboxylic acids is 1. The Labute approximate surface area is 122 Å². The van der Waals surface area contributed by atoms with Crippen LogP contribution in [-0.2, 0) is 6.42 Å². The Hall–Kier alpha value is -2.36. The number of fused-ring (bicyclic) bond motifs is 1. The minimum Gasteiger partial charge on any atom is -0.508 e. The lowest BCUT2D eigenvalue weighted by atomic mass is 10.1. The summed E-state index contributed by atoms with van der Waals surface area (Å²) in [6.07, 6.45) is 2.83. The molecule has 0 aromatic heterocycles. The first-order valence-electron chi connectivity index (χ1n) is 7.05. The fraction of sp³-hybridized carbons (Fsp3) is 0.235. The maximum absolute atomic E-state index is 13.9. The molecule has 1 aliphatic heterocycles. The Morgan fingerprint density at radius 3 is 2.76 bits per heavy atom. The third-order valence-electron chi connectivity index (χ3n) is 3.79. The van der Waals surface area contributed by atoms with E-state index in [-0.39, 0.29) is 17.2 Å². The molecule has 0 unspecified atom stereocenters. The Balaban J connectivity index is 2.01. The van der Waals surface area contributed by atoms with Gasteiger partial charge >= 0.3 is 0 Å². The summed E-state index contributed by atoms with van der Waals surface area (Å²) in [6.45, 7) is 0.580. The highest BCUT2D eigenvalue weighted by atomic mass is 19.1. The van der Waals surface area contributed by atoms with Gasteiger partial charge in [0.1, 0.15) is 11.6 Å². The summed E-state index contributed by atoms with van der Waals surface area (Å²) in [6, 6.07) is 11.4. The van der Waals surface area contributed by atoms with Crippen LogP contribution in [-0.4, -0.2) is 17.6 Å². The van der Waals surface area contributed by atoms with Crippen molar-refractivity contribution in [2.24, 2.45) is 0 Å². The molecule has 0 spiro atoms. The van der Waals surface area contributed by atoms with Crippen molar-refractivity contribution in [2.45, 2.75) is 19.3 Å². The highest BCUT2D eigenvalue weighted by Gasteiger charge is 2.24. The lowest BCUT2D eigenvalue weighted by Gasteiger charge is -2.23. The Kier molecular flexibility index (Phi) is 3.60. The van der Waals surface area contributed by atoms with Gasteiger partial charge in [-0.3, -0.25) is 4.79 Å². The van der Waals surface area contributed by atoms with Crippen molar-refractivity contribution in [1.29, 1.82) is 0 Å². The number of para-hydroxylation sites is 1. The van der Waals surface area contributed by atoms with Gasteiger partial charge in [0, 0.05) is 18.3 Å². The van der Waals surface area contributed by atoms with Crippen molar-refractivity contribution in [2.75, 3.05) is 11.4 Å². The molecule has 3 rings (SSSR count). The van der Waals surface area contributed by atoms with E-state index in [2.05, 4.69) is 0 Å². The normalized spacial score (nSPS) is 14.4. The molecule has 0 bridgehead atoms. The maximum Gasteiger partial charge on any atom is 0.261 e. The van der Waals surface area contributed by atoms with Gasteiger partial charge in [-0.15, -0.1) is 0 Å².